The Hall–Kier alpha value is -2.48. The summed E-state index contributed by atoms with van der Waals surface area (Å²) >= 11 is 0. The van der Waals surface area contributed by atoms with Crippen LogP contribution in [0.4, 0.5) is 0 Å². The summed E-state index contributed by atoms with van der Waals surface area (Å²) in [4.78, 5) is 54.0. The Bertz CT molecular complexity index is 515. The van der Waals surface area contributed by atoms with Crippen LogP contribution in [0.5, 0.6) is 0 Å². The second kappa shape index (κ2) is 15.6. The maximum absolute atomic E-state index is 9.90. The maximum Gasteiger partial charge on any atom is 0.234 e. The molecule has 0 N–H and O–H groups in total. The summed E-state index contributed by atoms with van der Waals surface area (Å²) in [5, 5.41) is 0. The van der Waals surface area contributed by atoms with Crippen LogP contribution < -0.4 is 0 Å². The van der Waals surface area contributed by atoms with E-state index in [-0.39, 0.29) is 0 Å². The van der Waals surface area contributed by atoms with Crippen molar-refractivity contribution in [3.05, 3.63) is 0 Å². The minimum Gasteiger partial charge on any atom is -0.211 e. The number of hydrogen-bond acceptors (Lipinski definition) is 8. The predicted octanol–water partition coefficient (Wildman–Crippen LogP) is 2.93. The lowest BCUT2D eigenvalue weighted by molar-refractivity contribution is 0.285. The van der Waals surface area contributed by atoms with E-state index in [9.17, 15) is 19.2 Å². The lowest BCUT2D eigenvalue weighted by Crippen LogP contribution is -2.18. The van der Waals surface area contributed by atoms with Gasteiger partial charge in [0.15, 0.2) is 0 Å². The highest BCUT2D eigenvalue weighted by molar-refractivity contribution is 5.33. The first kappa shape index (κ1) is 23.6. The van der Waals surface area contributed by atoms with Crippen molar-refractivity contribution in [2.45, 2.75) is 51.4 Å². The van der Waals surface area contributed by atoms with Gasteiger partial charge in [-0.15, -0.1) is 0 Å². The van der Waals surface area contributed by atoms with E-state index in [2.05, 4.69) is 20.0 Å². The molecule has 8 heteroatoms. The van der Waals surface area contributed by atoms with Crippen molar-refractivity contribution in [2.75, 3.05) is 26.2 Å². The van der Waals surface area contributed by atoms with Gasteiger partial charge < -0.3 is 0 Å². The van der Waals surface area contributed by atoms with Crippen molar-refractivity contribution in [2.24, 2.45) is 43.6 Å². The number of carbonyl (C=O) groups excluding carboxylic acids is 4. The average Bonchev–Trinajstić information content (AvgIpc) is 2.75. The molecule has 2 aliphatic carbocycles. The van der Waals surface area contributed by atoms with E-state index >= 15 is 0 Å². The van der Waals surface area contributed by atoms with Gasteiger partial charge in [-0.1, -0.05) is 0 Å². The molecule has 28 heavy (non-hydrogen) atoms. The van der Waals surface area contributed by atoms with Crippen LogP contribution in [0.25, 0.3) is 0 Å². The Labute approximate surface area is 165 Å². The standard InChI is InChI=1S/2C10H14N2O2/c2*13-7-11-5-9-1-2-10(4-3-9)6-12-8-14/h2*9-10H,1-6H2/t9-,10+;. The third kappa shape index (κ3) is 10.6. The summed E-state index contributed by atoms with van der Waals surface area (Å²) < 4.78 is 0. The third-order valence-corrected chi connectivity index (χ3v) is 5.59. The van der Waals surface area contributed by atoms with Crippen LogP contribution in [0.3, 0.4) is 0 Å². The van der Waals surface area contributed by atoms with Gasteiger partial charge in [0, 0.05) is 0 Å². The van der Waals surface area contributed by atoms with Crippen LogP contribution >= 0.6 is 0 Å². The first-order chi connectivity index (χ1) is 13.7. The number of hydrogen-bond donors (Lipinski definition) is 0. The molecular formula is C20H28N4O4. The maximum atomic E-state index is 9.90. The van der Waals surface area contributed by atoms with Gasteiger partial charge in [-0.2, -0.15) is 0 Å². The van der Waals surface area contributed by atoms with Crippen molar-refractivity contribution < 1.29 is 19.2 Å². The van der Waals surface area contributed by atoms with Crippen LogP contribution in [-0.4, -0.2) is 50.5 Å². The molecule has 0 radical (unpaired) electrons. The van der Waals surface area contributed by atoms with Gasteiger partial charge in [0.2, 0.25) is 24.3 Å². The number of nitrogens with zero attached hydrogens (tertiary/aromatic N) is 4. The summed E-state index contributed by atoms with van der Waals surface area (Å²) in [5.41, 5.74) is 0. The van der Waals surface area contributed by atoms with E-state index in [1.54, 1.807) is 24.3 Å². The van der Waals surface area contributed by atoms with Crippen LogP contribution in [0.2, 0.25) is 0 Å². The SMILES string of the molecule is O=C=NCC1CCC(CN=C=O)CC1.O=C=NC[C@H]1CC[C@@H](CN=C=O)CC1. The molecule has 0 unspecified atom stereocenters. The minimum atomic E-state index is 0.521. The number of isocyanates is 4. The van der Waals surface area contributed by atoms with Crippen LogP contribution in [0, 0.1) is 23.7 Å². The Morgan fingerprint density at radius 2 is 0.607 bits per heavy atom. The van der Waals surface area contributed by atoms with Crippen molar-refractivity contribution in [3.8, 4) is 0 Å². The van der Waals surface area contributed by atoms with E-state index in [1.165, 1.54) is 0 Å². The van der Waals surface area contributed by atoms with E-state index in [0.29, 0.717) is 49.9 Å². The highest BCUT2D eigenvalue weighted by atomic mass is 16.1. The molecule has 0 aromatic carbocycles. The summed E-state index contributed by atoms with van der Waals surface area (Å²) in [5.74, 6) is 2.08. The van der Waals surface area contributed by atoms with Gasteiger partial charge in [-0.05, 0) is 75.0 Å². The topological polar surface area (TPSA) is 118 Å². The Morgan fingerprint density at radius 1 is 0.429 bits per heavy atom. The van der Waals surface area contributed by atoms with Crippen molar-refractivity contribution in [1.29, 1.82) is 0 Å². The smallest absolute Gasteiger partial charge is 0.211 e. The van der Waals surface area contributed by atoms with Gasteiger partial charge >= 0.3 is 0 Å². The second-order valence-corrected chi connectivity index (χ2v) is 7.50. The molecule has 0 spiro atoms. The predicted molar refractivity (Wildman–Crippen MR) is 103 cm³/mol. The molecule has 0 atom stereocenters. The molecule has 0 heterocycles. The highest BCUT2D eigenvalue weighted by Gasteiger charge is 2.21. The Kier molecular flexibility index (Phi) is 13.1. The zero-order chi connectivity index (χ0) is 20.5. The molecule has 2 saturated carbocycles. The summed E-state index contributed by atoms with van der Waals surface area (Å²) in [7, 11) is 0. The normalized spacial score (nSPS) is 26.0. The molecule has 0 amide bonds. The van der Waals surface area contributed by atoms with Crippen molar-refractivity contribution in [3.63, 3.8) is 0 Å². The molecule has 2 rings (SSSR count). The van der Waals surface area contributed by atoms with Gasteiger partial charge in [-0.3, -0.25) is 0 Å². The summed E-state index contributed by atoms with van der Waals surface area (Å²) in [6, 6.07) is 0. The fourth-order valence-corrected chi connectivity index (χ4v) is 3.86. The van der Waals surface area contributed by atoms with Gasteiger partial charge in [0.25, 0.3) is 0 Å². The van der Waals surface area contributed by atoms with Gasteiger partial charge in [-0.25, -0.2) is 39.1 Å². The zero-order valence-electron chi connectivity index (χ0n) is 16.2. The van der Waals surface area contributed by atoms with Gasteiger partial charge in [0.05, 0.1) is 26.2 Å². The molecule has 0 bridgehead atoms. The van der Waals surface area contributed by atoms with E-state index in [0.717, 1.165) is 51.4 Å². The number of aliphatic imine (C=N–C) groups is 4. The molecule has 2 fully saturated rings. The van der Waals surface area contributed by atoms with Gasteiger partial charge in [0.1, 0.15) is 0 Å². The molecule has 0 saturated heterocycles. The largest absolute Gasteiger partial charge is 0.234 e. The molecule has 0 aromatic rings. The fourth-order valence-electron chi connectivity index (χ4n) is 3.86. The first-order valence-corrected chi connectivity index (χ1v) is 9.87. The van der Waals surface area contributed by atoms with Crippen LogP contribution in [-0.2, 0) is 19.2 Å². The highest BCUT2D eigenvalue weighted by Crippen LogP contribution is 2.29. The quantitative estimate of drug-likeness (QED) is 0.469. The van der Waals surface area contributed by atoms with E-state index < -0.39 is 0 Å². The van der Waals surface area contributed by atoms with Crippen molar-refractivity contribution >= 4 is 24.3 Å². The molecule has 0 aliphatic heterocycles. The number of rotatable bonds is 8. The Morgan fingerprint density at radius 3 is 0.750 bits per heavy atom. The Balaban J connectivity index is 0.000000280. The minimum absolute atomic E-state index is 0.521. The zero-order valence-corrected chi connectivity index (χ0v) is 16.2. The molecule has 152 valence electrons. The van der Waals surface area contributed by atoms with Crippen LogP contribution in [0.15, 0.2) is 20.0 Å². The average molecular weight is 388 g/mol. The third-order valence-electron chi connectivity index (χ3n) is 5.59. The van der Waals surface area contributed by atoms with Crippen LogP contribution in [0.1, 0.15) is 51.4 Å². The molecule has 0 aromatic heterocycles. The molecule has 8 nitrogen and oxygen atoms in total. The summed E-state index contributed by atoms with van der Waals surface area (Å²) in [6.45, 7) is 2.42. The lowest BCUT2D eigenvalue weighted by atomic mass is 9.82. The fraction of sp³-hybridized carbons (Fsp3) is 0.800. The van der Waals surface area contributed by atoms with Crippen molar-refractivity contribution in [1.82, 2.24) is 0 Å². The molecule has 2 aliphatic rings. The van der Waals surface area contributed by atoms with E-state index in [1.807, 2.05) is 0 Å². The van der Waals surface area contributed by atoms with E-state index in [4.69, 9.17) is 0 Å². The first-order valence-electron chi connectivity index (χ1n) is 9.87. The lowest BCUT2D eigenvalue weighted by Gasteiger charge is -2.25. The summed E-state index contributed by atoms with van der Waals surface area (Å²) in [6.07, 6.45) is 14.9. The monoisotopic (exact) mass is 388 g/mol. The second-order valence-electron chi connectivity index (χ2n) is 7.50. The molecular weight excluding hydrogens is 360 g/mol.